The summed E-state index contributed by atoms with van der Waals surface area (Å²) in [5.41, 5.74) is 4.69. The number of aliphatic hydroxyl groups excluding tert-OH is 1. The Morgan fingerprint density at radius 2 is 2.22 bits per heavy atom. The van der Waals surface area contributed by atoms with Gasteiger partial charge >= 0.3 is 12.4 Å². The van der Waals surface area contributed by atoms with Crippen molar-refractivity contribution in [2.75, 3.05) is 19.5 Å². The lowest BCUT2D eigenvalue weighted by atomic mass is 10.1. The number of nitrogen functional groups attached to an aromatic ring is 1. The van der Waals surface area contributed by atoms with Gasteiger partial charge in [0.05, 0.1) is 13.7 Å². The highest BCUT2D eigenvalue weighted by molar-refractivity contribution is 8.06. The summed E-state index contributed by atoms with van der Waals surface area (Å²) in [5.74, 6) is 0.0150. The minimum absolute atomic E-state index is 0.0150. The molecule has 2 heterocycles. The van der Waals surface area contributed by atoms with Crippen LogP contribution in [0.3, 0.4) is 0 Å². The lowest BCUT2D eigenvalue weighted by Crippen LogP contribution is -2.39. The SMILES string of the molecule is COO[C@@H]1[C@H](OP(O)(O)=S)[C@@H](CO)O[C@H]1n1ccc(N)nc1=O. The van der Waals surface area contributed by atoms with Gasteiger partial charge in [0.1, 0.15) is 18.0 Å². The Hall–Kier alpha value is -0.950. The molecule has 0 aliphatic carbocycles. The van der Waals surface area contributed by atoms with Crippen LogP contribution in [0, 0.1) is 0 Å². The summed E-state index contributed by atoms with van der Waals surface area (Å²) in [6.45, 7) is -4.62. The molecule has 1 aliphatic heterocycles. The molecule has 1 saturated heterocycles. The Morgan fingerprint density at radius 3 is 2.74 bits per heavy atom. The van der Waals surface area contributed by atoms with Gasteiger partial charge in [-0.2, -0.15) is 4.98 Å². The summed E-state index contributed by atoms with van der Waals surface area (Å²) in [6.07, 6.45) is -3.14. The largest absolute Gasteiger partial charge is 0.394 e. The van der Waals surface area contributed by atoms with Gasteiger partial charge in [0.2, 0.25) is 0 Å². The molecule has 0 radical (unpaired) electrons. The van der Waals surface area contributed by atoms with Gasteiger partial charge in [-0.25, -0.2) is 14.6 Å². The number of anilines is 1. The van der Waals surface area contributed by atoms with Gasteiger partial charge in [-0.3, -0.25) is 9.09 Å². The highest BCUT2D eigenvalue weighted by atomic mass is 32.5. The van der Waals surface area contributed by atoms with Gasteiger partial charge in [0.25, 0.3) is 0 Å². The second-order valence-electron chi connectivity index (χ2n) is 4.58. The van der Waals surface area contributed by atoms with Crippen molar-refractivity contribution in [1.82, 2.24) is 9.55 Å². The highest BCUT2D eigenvalue weighted by Gasteiger charge is 2.50. The molecule has 2 rings (SSSR count). The minimum Gasteiger partial charge on any atom is -0.394 e. The summed E-state index contributed by atoms with van der Waals surface area (Å²) in [7, 11) is 1.21. The third kappa shape index (κ3) is 4.32. The molecule has 0 amide bonds. The molecule has 1 aliphatic rings. The number of nitrogens with two attached hydrogens (primary N) is 1. The van der Waals surface area contributed by atoms with Crippen molar-refractivity contribution in [1.29, 1.82) is 0 Å². The van der Waals surface area contributed by atoms with Crippen LogP contribution in [-0.4, -0.2) is 56.5 Å². The zero-order chi connectivity index (χ0) is 17.2. The van der Waals surface area contributed by atoms with Crippen LogP contribution in [0.4, 0.5) is 5.82 Å². The zero-order valence-corrected chi connectivity index (χ0v) is 13.6. The first-order valence-corrected chi connectivity index (χ1v) is 8.94. The molecule has 23 heavy (non-hydrogen) atoms. The number of aromatic nitrogens is 2. The number of rotatable bonds is 6. The molecular formula is C10H16N3O8PS. The van der Waals surface area contributed by atoms with Crippen LogP contribution in [-0.2, 0) is 30.8 Å². The van der Waals surface area contributed by atoms with Crippen molar-refractivity contribution in [3.05, 3.63) is 22.7 Å². The summed E-state index contributed by atoms with van der Waals surface area (Å²) in [6, 6.07) is 1.36. The Balaban J connectivity index is 2.38. The Kier molecular flexibility index (Phi) is 5.84. The topological polar surface area (TPSA) is 159 Å². The van der Waals surface area contributed by atoms with Crippen LogP contribution in [0.5, 0.6) is 0 Å². The molecule has 0 unspecified atom stereocenters. The predicted molar refractivity (Wildman–Crippen MR) is 79.4 cm³/mol. The van der Waals surface area contributed by atoms with E-state index in [-0.39, 0.29) is 5.82 Å². The first-order chi connectivity index (χ1) is 10.8. The standard InChI is InChI=1S/C10H16N3O8PS/c1-18-20-8-7(21-22(16,17)23)5(4-14)19-9(8)13-3-2-6(11)12-10(13)15/h2-3,5,7-9,14H,4H2,1H3,(H2,11,12,15)(H2,16,17,23)/t5-,7-,8-,9-/m1/s1. The Bertz CT molecular complexity index is 651. The molecule has 1 aromatic heterocycles. The second-order valence-corrected chi connectivity index (χ2v) is 7.20. The van der Waals surface area contributed by atoms with E-state index < -0.39 is 43.6 Å². The van der Waals surface area contributed by atoms with E-state index in [1.54, 1.807) is 0 Å². The van der Waals surface area contributed by atoms with Crippen molar-refractivity contribution < 1.29 is 33.9 Å². The molecule has 1 fully saturated rings. The quantitative estimate of drug-likeness (QED) is 0.256. The number of hydrogen-bond donors (Lipinski definition) is 4. The normalized spacial score (nSPS) is 28.2. The lowest BCUT2D eigenvalue weighted by Gasteiger charge is -2.24. The van der Waals surface area contributed by atoms with Crippen LogP contribution < -0.4 is 11.4 Å². The fraction of sp³-hybridized carbons (Fsp3) is 0.600. The minimum atomic E-state index is -4.08. The molecule has 5 N–H and O–H groups in total. The first-order valence-electron chi connectivity index (χ1n) is 6.31. The van der Waals surface area contributed by atoms with Gasteiger partial charge in [0.15, 0.2) is 12.3 Å². The summed E-state index contributed by atoms with van der Waals surface area (Å²) >= 11 is 4.43. The number of aliphatic hydroxyl groups is 1. The van der Waals surface area contributed by atoms with E-state index in [9.17, 15) is 19.7 Å². The monoisotopic (exact) mass is 369 g/mol. The average Bonchev–Trinajstić information content (AvgIpc) is 2.76. The molecule has 0 bridgehead atoms. The van der Waals surface area contributed by atoms with Gasteiger partial charge in [0, 0.05) is 6.20 Å². The van der Waals surface area contributed by atoms with Crippen molar-refractivity contribution in [2.45, 2.75) is 24.5 Å². The van der Waals surface area contributed by atoms with E-state index in [2.05, 4.69) is 21.7 Å². The maximum absolute atomic E-state index is 11.9. The first kappa shape index (κ1) is 18.4. The van der Waals surface area contributed by atoms with E-state index in [0.717, 1.165) is 4.57 Å². The van der Waals surface area contributed by atoms with Crippen molar-refractivity contribution in [2.24, 2.45) is 0 Å². The van der Waals surface area contributed by atoms with Crippen LogP contribution >= 0.6 is 6.72 Å². The maximum atomic E-state index is 11.9. The third-order valence-corrected chi connectivity index (χ3v) is 3.83. The van der Waals surface area contributed by atoms with Gasteiger partial charge < -0.3 is 25.4 Å². The lowest BCUT2D eigenvalue weighted by molar-refractivity contribution is -0.326. The van der Waals surface area contributed by atoms with Crippen molar-refractivity contribution in [3.63, 3.8) is 0 Å². The van der Waals surface area contributed by atoms with Crippen LogP contribution in [0.25, 0.3) is 0 Å². The van der Waals surface area contributed by atoms with E-state index in [1.807, 2.05) is 0 Å². The second kappa shape index (κ2) is 7.30. The van der Waals surface area contributed by atoms with Crippen molar-refractivity contribution >= 4 is 24.3 Å². The summed E-state index contributed by atoms with van der Waals surface area (Å²) in [4.78, 5) is 43.8. The molecule has 0 aromatic carbocycles. The summed E-state index contributed by atoms with van der Waals surface area (Å²) in [5, 5.41) is 9.39. The van der Waals surface area contributed by atoms with Crippen LogP contribution in [0.1, 0.15) is 6.23 Å². The van der Waals surface area contributed by atoms with E-state index in [0.29, 0.717) is 0 Å². The number of hydrogen-bond acceptors (Lipinski definition) is 9. The fourth-order valence-corrected chi connectivity index (χ4v) is 3.07. The molecule has 11 nitrogen and oxygen atoms in total. The Labute approximate surface area is 135 Å². The molecule has 0 saturated carbocycles. The molecule has 0 spiro atoms. The molecule has 130 valence electrons. The molecular weight excluding hydrogens is 353 g/mol. The van der Waals surface area contributed by atoms with Gasteiger partial charge in [-0.15, -0.1) is 0 Å². The fourth-order valence-electron chi connectivity index (χ4n) is 2.20. The van der Waals surface area contributed by atoms with Gasteiger partial charge in [-0.1, -0.05) is 0 Å². The van der Waals surface area contributed by atoms with E-state index >= 15 is 0 Å². The molecule has 4 atom stereocenters. The Morgan fingerprint density at radius 1 is 1.52 bits per heavy atom. The van der Waals surface area contributed by atoms with Crippen LogP contribution in [0.15, 0.2) is 17.1 Å². The van der Waals surface area contributed by atoms with Crippen molar-refractivity contribution in [3.8, 4) is 0 Å². The van der Waals surface area contributed by atoms with Gasteiger partial charge in [-0.05, 0) is 17.9 Å². The van der Waals surface area contributed by atoms with E-state index in [4.69, 9.17) is 19.9 Å². The summed E-state index contributed by atoms with van der Waals surface area (Å²) < 4.78 is 11.5. The highest BCUT2D eigenvalue weighted by Crippen LogP contribution is 2.44. The number of ether oxygens (including phenoxy) is 1. The maximum Gasteiger partial charge on any atom is 0.351 e. The zero-order valence-electron chi connectivity index (χ0n) is 11.9. The average molecular weight is 369 g/mol. The molecule has 1 aromatic rings. The number of nitrogens with zero attached hydrogens (tertiary/aromatic N) is 2. The molecule has 13 heteroatoms. The third-order valence-electron chi connectivity index (χ3n) is 3.06. The predicted octanol–water partition coefficient (Wildman–Crippen LogP) is -1.74. The van der Waals surface area contributed by atoms with E-state index in [1.165, 1.54) is 19.4 Å². The smallest absolute Gasteiger partial charge is 0.351 e. The van der Waals surface area contributed by atoms with Crippen LogP contribution in [0.2, 0.25) is 0 Å².